The summed E-state index contributed by atoms with van der Waals surface area (Å²) in [6.07, 6.45) is 4.82. The molecule has 142 valence electrons. The number of sulfonamides is 1. The third kappa shape index (κ3) is 4.21. The van der Waals surface area contributed by atoms with Crippen LogP contribution in [0.3, 0.4) is 0 Å². The van der Waals surface area contributed by atoms with Crippen LogP contribution in [0, 0.1) is 5.92 Å². The molecule has 1 aromatic rings. The number of nitrogens with zero attached hydrogens (tertiary/aromatic N) is 3. The molecular weight excluding hydrogens is 356 g/mol. The molecule has 8 nitrogen and oxygen atoms in total. The summed E-state index contributed by atoms with van der Waals surface area (Å²) < 4.78 is 26.6. The lowest BCUT2D eigenvalue weighted by Gasteiger charge is -2.37. The van der Waals surface area contributed by atoms with E-state index >= 15 is 0 Å². The molecule has 1 spiro atoms. The van der Waals surface area contributed by atoms with Crippen molar-refractivity contribution in [1.82, 2.24) is 9.29 Å². The lowest BCUT2D eigenvalue weighted by molar-refractivity contribution is -0.110. The number of anilines is 1. The molecule has 2 aliphatic heterocycles. The molecule has 0 unspecified atom stereocenters. The largest absolute Gasteiger partial charge is 0.387 e. The van der Waals surface area contributed by atoms with Crippen LogP contribution in [0.4, 0.5) is 5.69 Å². The van der Waals surface area contributed by atoms with Gasteiger partial charge < -0.3 is 10.2 Å². The summed E-state index contributed by atoms with van der Waals surface area (Å²) in [5.41, 5.74) is 0.104. The molecule has 0 aliphatic carbocycles. The summed E-state index contributed by atoms with van der Waals surface area (Å²) in [5, 5.41) is 6.68. The molecule has 26 heavy (non-hydrogen) atoms. The van der Waals surface area contributed by atoms with Crippen molar-refractivity contribution < 1.29 is 18.0 Å². The second-order valence-corrected chi connectivity index (χ2v) is 9.31. The van der Waals surface area contributed by atoms with Crippen molar-refractivity contribution in [3.8, 4) is 0 Å². The quantitative estimate of drug-likeness (QED) is 0.836. The normalized spacial score (nSPS) is 23.7. The fourth-order valence-corrected chi connectivity index (χ4v) is 5.22. The van der Waals surface area contributed by atoms with Gasteiger partial charge in [0.25, 0.3) is 5.91 Å². The molecule has 3 heterocycles. The molecule has 0 saturated carbocycles. The second-order valence-electron chi connectivity index (χ2n) is 7.29. The van der Waals surface area contributed by atoms with E-state index in [-0.39, 0.29) is 29.8 Å². The molecule has 0 aromatic carbocycles. The van der Waals surface area contributed by atoms with Gasteiger partial charge in [0, 0.05) is 19.2 Å². The van der Waals surface area contributed by atoms with Crippen molar-refractivity contribution in [2.24, 2.45) is 11.1 Å². The summed E-state index contributed by atoms with van der Waals surface area (Å²) in [6, 6.07) is 3.46. The maximum Gasteiger partial charge on any atom is 0.273 e. The highest BCUT2D eigenvalue weighted by molar-refractivity contribution is 7.89. The average Bonchev–Trinajstić information content (AvgIpc) is 2.98. The van der Waals surface area contributed by atoms with Gasteiger partial charge in [-0.25, -0.2) is 8.42 Å². The molecule has 2 aliphatic rings. The first-order chi connectivity index (χ1) is 12.3. The van der Waals surface area contributed by atoms with E-state index in [0.29, 0.717) is 31.5 Å². The van der Waals surface area contributed by atoms with Gasteiger partial charge in [0.05, 0.1) is 24.2 Å². The van der Waals surface area contributed by atoms with Crippen LogP contribution < -0.4 is 5.32 Å². The number of nitrogens with one attached hydrogen (secondary N) is 1. The van der Waals surface area contributed by atoms with Gasteiger partial charge in [-0.3, -0.25) is 9.78 Å². The van der Waals surface area contributed by atoms with Crippen LogP contribution in [0.25, 0.3) is 0 Å². The van der Waals surface area contributed by atoms with E-state index in [2.05, 4.69) is 15.5 Å². The summed E-state index contributed by atoms with van der Waals surface area (Å²) in [4.78, 5) is 21.9. The summed E-state index contributed by atoms with van der Waals surface area (Å²) >= 11 is 0. The Bertz CT molecular complexity index is 794. The molecule has 0 bridgehead atoms. The minimum atomic E-state index is -3.34. The fraction of sp³-hybridized carbons (Fsp3) is 0.588. The van der Waals surface area contributed by atoms with E-state index < -0.39 is 15.6 Å². The molecule has 1 fully saturated rings. The Morgan fingerprint density at radius 2 is 2.27 bits per heavy atom. The van der Waals surface area contributed by atoms with Crippen LogP contribution in [0.15, 0.2) is 29.7 Å². The van der Waals surface area contributed by atoms with Crippen molar-refractivity contribution in [3.63, 3.8) is 0 Å². The van der Waals surface area contributed by atoms with E-state index in [1.165, 1.54) is 4.31 Å². The highest BCUT2D eigenvalue weighted by Gasteiger charge is 2.47. The molecule has 1 aromatic heterocycles. The lowest BCUT2D eigenvalue weighted by atomic mass is 9.89. The molecule has 1 atom stereocenters. The van der Waals surface area contributed by atoms with Crippen LogP contribution in [-0.2, 0) is 19.7 Å². The van der Waals surface area contributed by atoms with Gasteiger partial charge in [-0.05, 0) is 30.9 Å². The van der Waals surface area contributed by atoms with E-state index in [1.807, 2.05) is 13.8 Å². The first kappa shape index (κ1) is 18.8. The Kier molecular flexibility index (Phi) is 5.29. The Hall–Kier alpha value is -2.00. The van der Waals surface area contributed by atoms with Crippen molar-refractivity contribution >= 4 is 27.3 Å². The van der Waals surface area contributed by atoms with Gasteiger partial charge >= 0.3 is 0 Å². The molecule has 1 amide bonds. The molecule has 0 radical (unpaired) electrons. The highest BCUT2D eigenvalue weighted by Crippen LogP contribution is 2.35. The highest BCUT2D eigenvalue weighted by atomic mass is 32.2. The molecule has 9 heteroatoms. The van der Waals surface area contributed by atoms with Gasteiger partial charge in [-0.15, -0.1) is 0 Å². The average molecular weight is 380 g/mol. The monoisotopic (exact) mass is 380 g/mol. The second kappa shape index (κ2) is 7.32. The van der Waals surface area contributed by atoms with Gasteiger partial charge in [0.15, 0.2) is 5.60 Å². The van der Waals surface area contributed by atoms with E-state index in [9.17, 15) is 13.2 Å². The third-order valence-corrected chi connectivity index (χ3v) is 6.65. The lowest BCUT2D eigenvalue weighted by Crippen LogP contribution is -2.51. The number of amides is 1. The summed E-state index contributed by atoms with van der Waals surface area (Å²) in [6.45, 7) is 4.48. The predicted molar refractivity (Wildman–Crippen MR) is 98.2 cm³/mol. The number of oxime groups is 1. The minimum Gasteiger partial charge on any atom is -0.387 e. The first-order valence-electron chi connectivity index (χ1n) is 8.74. The standard InChI is InChI=1S/C17H24N4O4S/c1-13(2)11-26(23,24)21-8-4-6-17(12-21)9-15(20-25-17)16(22)19-14-5-3-7-18-10-14/h3,5,7,10,13H,4,6,8-9,11-12H2,1-2H3,(H,19,22)/t17-/m1/s1. The van der Waals surface area contributed by atoms with Gasteiger partial charge in [-0.2, -0.15) is 4.31 Å². The van der Waals surface area contributed by atoms with Crippen molar-refractivity contribution in [1.29, 1.82) is 0 Å². The zero-order valence-corrected chi connectivity index (χ0v) is 15.8. The number of carbonyl (C=O) groups is 1. The fourth-order valence-electron chi connectivity index (χ4n) is 3.32. The predicted octanol–water partition coefficient (Wildman–Crippen LogP) is 1.62. The Labute approximate surface area is 153 Å². The molecule has 3 rings (SSSR count). The number of carbonyl (C=O) groups excluding carboxylic acids is 1. The zero-order chi connectivity index (χ0) is 18.8. The van der Waals surface area contributed by atoms with Gasteiger partial charge in [0.1, 0.15) is 5.71 Å². The first-order valence-corrected chi connectivity index (χ1v) is 10.3. The van der Waals surface area contributed by atoms with Crippen molar-refractivity contribution in [2.75, 3.05) is 24.2 Å². The number of pyridine rings is 1. The van der Waals surface area contributed by atoms with E-state index in [4.69, 9.17) is 4.84 Å². The third-order valence-electron chi connectivity index (χ3n) is 4.46. The van der Waals surface area contributed by atoms with Crippen LogP contribution in [-0.4, -0.2) is 53.8 Å². The maximum absolute atomic E-state index is 12.5. The van der Waals surface area contributed by atoms with Crippen molar-refractivity contribution in [2.45, 2.75) is 38.7 Å². The van der Waals surface area contributed by atoms with E-state index in [1.54, 1.807) is 24.5 Å². The number of hydrogen-bond acceptors (Lipinski definition) is 6. The van der Waals surface area contributed by atoms with Crippen LogP contribution in [0.2, 0.25) is 0 Å². The summed E-state index contributed by atoms with van der Waals surface area (Å²) in [5.74, 6) is -0.186. The molecule has 1 saturated heterocycles. The molecular formula is C17H24N4O4S. The van der Waals surface area contributed by atoms with Gasteiger partial charge in [-0.1, -0.05) is 19.0 Å². The van der Waals surface area contributed by atoms with Gasteiger partial charge in [0.2, 0.25) is 10.0 Å². The number of rotatable bonds is 5. The number of hydrogen-bond donors (Lipinski definition) is 1. The van der Waals surface area contributed by atoms with Crippen LogP contribution >= 0.6 is 0 Å². The Balaban J connectivity index is 1.65. The van der Waals surface area contributed by atoms with E-state index in [0.717, 1.165) is 0 Å². The van der Waals surface area contributed by atoms with Crippen LogP contribution in [0.1, 0.15) is 33.1 Å². The van der Waals surface area contributed by atoms with Crippen molar-refractivity contribution in [3.05, 3.63) is 24.5 Å². The number of aromatic nitrogens is 1. The molecule has 1 N–H and O–H groups in total. The zero-order valence-electron chi connectivity index (χ0n) is 15.0. The summed E-state index contributed by atoms with van der Waals surface area (Å²) in [7, 11) is -3.34. The van der Waals surface area contributed by atoms with Crippen LogP contribution in [0.5, 0.6) is 0 Å². The SMILES string of the molecule is CC(C)CS(=O)(=O)N1CCC[C@@]2(CC(C(=O)Nc3cccnc3)=NO2)C1. The number of piperidine rings is 1. The Morgan fingerprint density at radius 1 is 1.46 bits per heavy atom. The topological polar surface area (TPSA) is 101 Å². The maximum atomic E-state index is 12.5. The Morgan fingerprint density at radius 3 is 2.96 bits per heavy atom. The smallest absolute Gasteiger partial charge is 0.273 e. The minimum absolute atomic E-state index is 0.0550.